The molecule has 0 unspecified atom stereocenters. The molecule has 0 aliphatic rings. The molecule has 0 spiro atoms. The van der Waals surface area contributed by atoms with Gasteiger partial charge in [-0.25, -0.2) is 4.39 Å². The highest BCUT2D eigenvalue weighted by atomic mass is 19.4. The zero-order valence-corrected chi connectivity index (χ0v) is 5.82. The highest BCUT2D eigenvalue weighted by Crippen LogP contribution is 2.29. The maximum atomic E-state index is 12.5. The number of benzene rings is 1. The molecule has 62 valence electrons. The summed E-state index contributed by atoms with van der Waals surface area (Å²) in [5, 5.41) is 0. The molecule has 2 radical (unpaired) electrons. The number of rotatable bonds is 0. The lowest BCUT2D eigenvalue weighted by Gasteiger charge is -2.10. The number of hydrogen-bond donors (Lipinski definition) is 0. The monoisotopic (exact) mass is 174 g/mol. The summed E-state index contributed by atoms with van der Waals surface area (Å²) < 4.78 is 48.5. The first-order valence-electron chi connectivity index (χ1n) is 3.04. The molecule has 5 heteroatoms. The third-order valence-electron chi connectivity index (χ3n) is 1.33. The molecule has 0 N–H and O–H groups in total. The van der Waals surface area contributed by atoms with Gasteiger partial charge in [-0.2, -0.15) is 13.2 Å². The molecule has 0 aliphatic heterocycles. The Morgan fingerprint density at radius 3 is 2.08 bits per heavy atom. The Hall–Kier alpha value is -0.995. The van der Waals surface area contributed by atoms with Crippen LogP contribution in [0, 0.1) is 5.82 Å². The van der Waals surface area contributed by atoms with Crippen LogP contribution in [0.15, 0.2) is 18.2 Å². The van der Waals surface area contributed by atoms with E-state index in [2.05, 4.69) is 0 Å². The van der Waals surface area contributed by atoms with Gasteiger partial charge in [0.25, 0.3) is 0 Å². The summed E-state index contributed by atoms with van der Waals surface area (Å²) in [6.45, 7) is 0. The first-order valence-corrected chi connectivity index (χ1v) is 3.04. The molecule has 0 amide bonds. The molecule has 0 saturated carbocycles. The van der Waals surface area contributed by atoms with E-state index in [1.165, 1.54) is 0 Å². The van der Waals surface area contributed by atoms with E-state index in [1.54, 1.807) is 0 Å². The van der Waals surface area contributed by atoms with E-state index in [-0.39, 0.29) is 0 Å². The molecular weight excluding hydrogens is 171 g/mol. The number of hydrogen-bond acceptors (Lipinski definition) is 0. The van der Waals surface area contributed by atoms with Gasteiger partial charge in [-0.05, 0) is 6.07 Å². The van der Waals surface area contributed by atoms with Crippen LogP contribution in [0.1, 0.15) is 5.56 Å². The normalized spacial score (nSPS) is 11.7. The minimum Gasteiger partial charge on any atom is -0.206 e. The predicted octanol–water partition coefficient (Wildman–Crippen LogP) is 1.64. The van der Waals surface area contributed by atoms with Crippen molar-refractivity contribution in [2.75, 3.05) is 0 Å². The van der Waals surface area contributed by atoms with Crippen molar-refractivity contribution in [1.29, 1.82) is 0 Å². The fourth-order valence-electron chi connectivity index (χ4n) is 0.840. The highest BCUT2D eigenvalue weighted by Gasteiger charge is 2.34. The molecule has 0 bridgehead atoms. The SMILES string of the molecule is [B]c1cccc(F)c1C(F)(F)F. The molecule has 0 heterocycles. The Labute approximate surface area is 67.6 Å². The summed E-state index contributed by atoms with van der Waals surface area (Å²) in [6.07, 6.45) is -4.73. The molecule has 0 aromatic heterocycles. The first-order chi connectivity index (χ1) is 5.43. The van der Waals surface area contributed by atoms with Crippen molar-refractivity contribution in [3.05, 3.63) is 29.6 Å². The molecule has 1 aromatic carbocycles. The van der Waals surface area contributed by atoms with Crippen molar-refractivity contribution in [3.63, 3.8) is 0 Å². The van der Waals surface area contributed by atoms with Crippen LogP contribution in [0.2, 0.25) is 0 Å². The predicted molar refractivity (Wildman–Crippen MR) is 36.8 cm³/mol. The zero-order valence-electron chi connectivity index (χ0n) is 5.82. The molecule has 0 fully saturated rings. The zero-order chi connectivity index (χ0) is 9.35. The maximum Gasteiger partial charge on any atom is 0.418 e. The Balaban J connectivity index is 3.31. The second kappa shape index (κ2) is 2.81. The maximum absolute atomic E-state index is 12.5. The van der Waals surface area contributed by atoms with Crippen molar-refractivity contribution in [1.82, 2.24) is 0 Å². The van der Waals surface area contributed by atoms with Crippen LogP contribution in [0.25, 0.3) is 0 Å². The summed E-state index contributed by atoms with van der Waals surface area (Å²) in [5.74, 6) is -1.34. The summed E-state index contributed by atoms with van der Waals surface area (Å²) in [6, 6.07) is 2.85. The van der Waals surface area contributed by atoms with E-state index < -0.39 is 23.0 Å². The topological polar surface area (TPSA) is 0 Å². The van der Waals surface area contributed by atoms with Gasteiger partial charge in [0.2, 0.25) is 0 Å². The summed E-state index contributed by atoms with van der Waals surface area (Å²) in [7, 11) is 4.95. The van der Waals surface area contributed by atoms with Gasteiger partial charge in [-0.15, -0.1) is 0 Å². The summed E-state index contributed by atoms with van der Waals surface area (Å²) >= 11 is 0. The standard InChI is InChI=1S/C7H3BF4/c8-4-2-1-3-5(9)6(4)7(10,11)12/h1-3H. The van der Waals surface area contributed by atoms with Gasteiger partial charge in [0, 0.05) is 0 Å². The van der Waals surface area contributed by atoms with E-state index in [9.17, 15) is 17.6 Å². The van der Waals surface area contributed by atoms with Crippen LogP contribution in [-0.2, 0) is 6.18 Å². The van der Waals surface area contributed by atoms with Crippen LogP contribution in [0.5, 0.6) is 0 Å². The van der Waals surface area contributed by atoms with E-state index in [0.717, 1.165) is 18.2 Å². The molecule has 0 nitrogen and oxygen atoms in total. The Bertz CT molecular complexity index is 272. The fourth-order valence-corrected chi connectivity index (χ4v) is 0.840. The lowest BCUT2D eigenvalue weighted by atomic mass is 9.90. The van der Waals surface area contributed by atoms with Crippen molar-refractivity contribution in [2.24, 2.45) is 0 Å². The third-order valence-corrected chi connectivity index (χ3v) is 1.33. The number of halogens is 4. The van der Waals surface area contributed by atoms with Crippen LogP contribution in [-0.4, -0.2) is 7.85 Å². The molecule has 1 rings (SSSR count). The average Bonchev–Trinajstić information content (AvgIpc) is 1.82. The largest absolute Gasteiger partial charge is 0.418 e. The van der Waals surface area contributed by atoms with Crippen LogP contribution >= 0.6 is 0 Å². The molecule has 0 aliphatic carbocycles. The van der Waals surface area contributed by atoms with E-state index in [0.29, 0.717) is 0 Å². The van der Waals surface area contributed by atoms with Gasteiger partial charge in [-0.3, -0.25) is 0 Å². The van der Waals surface area contributed by atoms with Gasteiger partial charge in [0.05, 0.1) is 5.56 Å². The summed E-state index contributed by atoms with van der Waals surface area (Å²) in [4.78, 5) is 0. The molecule has 0 atom stereocenters. The molecular formula is C7H3BF4. The Kier molecular flexibility index (Phi) is 2.13. The molecule has 1 aromatic rings. The van der Waals surface area contributed by atoms with Crippen molar-refractivity contribution in [2.45, 2.75) is 6.18 Å². The first kappa shape index (κ1) is 9.10. The van der Waals surface area contributed by atoms with Gasteiger partial charge < -0.3 is 0 Å². The van der Waals surface area contributed by atoms with E-state index in [1.807, 2.05) is 0 Å². The minimum atomic E-state index is -4.73. The van der Waals surface area contributed by atoms with Gasteiger partial charge in [0.1, 0.15) is 13.7 Å². The van der Waals surface area contributed by atoms with Crippen LogP contribution in [0.4, 0.5) is 17.6 Å². The third kappa shape index (κ3) is 1.60. The average molecular weight is 174 g/mol. The van der Waals surface area contributed by atoms with Crippen molar-refractivity contribution < 1.29 is 17.6 Å². The Morgan fingerprint density at radius 2 is 1.75 bits per heavy atom. The smallest absolute Gasteiger partial charge is 0.206 e. The lowest BCUT2D eigenvalue weighted by Crippen LogP contribution is -2.21. The van der Waals surface area contributed by atoms with E-state index >= 15 is 0 Å². The second-order valence-corrected chi connectivity index (χ2v) is 2.20. The van der Waals surface area contributed by atoms with Gasteiger partial charge in [-0.1, -0.05) is 17.6 Å². The van der Waals surface area contributed by atoms with Crippen LogP contribution in [0.3, 0.4) is 0 Å². The van der Waals surface area contributed by atoms with Crippen molar-refractivity contribution in [3.8, 4) is 0 Å². The lowest BCUT2D eigenvalue weighted by molar-refractivity contribution is -0.139. The van der Waals surface area contributed by atoms with E-state index in [4.69, 9.17) is 7.85 Å². The van der Waals surface area contributed by atoms with Crippen molar-refractivity contribution >= 4 is 13.3 Å². The fraction of sp³-hybridized carbons (Fsp3) is 0.143. The van der Waals surface area contributed by atoms with Crippen LogP contribution < -0.4 is 5.46 Å². The minimum absolute atomic E-state index is 0.595. The quantitative estimate of drug-likeness (QED) is 0.414. The molecule has 12 heavy (non-hydrogen) atoms. The van der Waals surface area contributed by atoms with Gasteiger partial charge in [0.15, 0.2) is 0 Å². The highest BCUT2D eigenvalue weighted by molar-refractivity contribution is 6.33. The Morgan fingerprint density at radius 1 is 1.17 bits per heavy atom. The summed E-state index contributed by atoms with van der Waals surface area (Å²) in [5.41, 5.74) is -1.99. The molecule has 0 saturated heterocycles. The van der Waals surface area contributed by atoms with Gasteiger partial charge >= 0.3 is 6.18 Å². The second-order valence-electron chi connectivity index (χ2n) is 2.20. The number of alkyl halides is 3.